The molecule has 0 unspecified atom stereocenters. The fourth-order valence-electron chi connectivity index (χ4n) is 1.81. The molecule has 2 heterocycles. The minimum Gasteiger partial charge on any atom is -0.491 e. The first-order chi connectivity index (χ1) is 9.38. The predicted molar refractivity (Wildman–Crippen MR) is 82.1 cm³/mol. The van der Waals surface area contributed by atoms with Crippen molar-refractivity contribution in [2.45, 2.75) is 6.42 Å². The molecule has 3 rings (SSSR count). The van der Waals surface area contributed by atoms with Crippen molar-refractivity contribution in [1.82, 2.24) is 4.98 Å². The number of aromatic nitrogens is 1. The Hall–Kier alpha value is -1.43. The van der Waals surface area contributed by atoms with E-state index in [-0.39, 0.29) is 0 Å². The molecule has 0 radical (unpaired) electrons. The summed E-state index contributed by atoms with van der Waals surface area (Å²) in [4.78, 5) is 5.91. The Morgan fingerprint density at radius 2 is 2.16 bits per heavy atom. The van der Waals surface area contributed by atoms with Crippen molar-refractivity contribution in [3.05, 3.63) is 35.7 Å². The minimum absolute atomic E-state index is 0.640. The van der Waals surface area contributed by atoms with Crippen LogP contribution in [0.1, 0.15) is 6.42 Å². The Morgan fingerprint density at radius 1 is 1.21 bits per heavy atom. The van der Waals surface area contributed by atoms with Crippen molar-refractivity contribution in [3.8, 4) is 15.6 Å². The van der Waals surface area contributed by atoms with Crippen LogP contribution >= 0.6 is 22.7 Å². The molecule has 19 heavy (non-hydrogen) atoms. The molecule has 2 aromatic heterocycles. The van der Waals surface area contributed by atoms with Gasteiger partial charge >= 0.3 is 0 Å². The number of rotatable bonds is 5. The van der Waals surface area contributed by atoms with E-state index in [1.165, 1.54) is 4.88 Å². The zero-order chi connectivity index (χ0) is 13.1. The number of nitrogens with zero attached hydrogens (tertiary/aromatic N) is 1. The smallest absolute Gasteiger partial charge is 0.146 e. The number of benzene rings is 1. The number of fused-ring (bicyclic) bond motifs is 1. The van der Waals surface area contributed by atoms with Crippen LogP contribution < -0.4 is 10.5 Å². The van der Waals surface area contributed by atoms with E-state index in [1.54, 1.807) is 22.7 Å². The molecule has 5 heteroatoms. The summed E-state index contributed by atoms with van der Waals surface area (Å²) >= 11 is 3.41. The van der Waals surface area contributed by atoms with Gasteiger partial charge in [0.15, 0.2) is 0 Å². The van der Waals surface area contributed by atoms with Gasteiger partial charge in [0.05, 0.1) is 16.2 Å². The molecule has 0 aliphatic rings. The number of hydrogen-bond acceptors (Lipinski definition) is 5. The summed E-state index contributed by atoms with van der Waals surface area (Å²) in [7, 11) is 0. The molecule has 3 nitrogen and oxygen atoms in total. The largest absolute Gasteiger partial charge is 0.491 e. The van der Waals surface area contributed by atoms with E-state index >= 15 is 0 Å². The van der Waals surface area contributed by atoms with Gasteiger partial charge in [-0.25, -0.2) is 4.98 Å². The molecule has 0 aliphatic heterocycles. The summed E-state index contributed by atoms with van der Waals surface area (Å²) in [5.74, 6) is 0.852. The maximum absolute atomic E-state index is 5.76. The van der Waals surface area contributed by atoms with Gasteiger partial charge in [-0.1, -0.05) is 12.1 Å². The van der Waals surface area contributed by atoms with Gasteiger partial charge in [0.1, 0.15) is 16.3 Å². The zero-order valence-corrected chi connectivity index (χ0v) is 12.0. The Kier molecular flexibility index (Phi) is 3.77. The van der Waals surface area contributed by atoms with Gasteiger partial charge < -0.3 is 10.5 Å². The molecule has 98 valence electrons. The normalized spacial score (nSPS) is 11.0. The summed E-state index contributed by atoms with van der Waals surface area (Å²) < 4.78 is 6.92. The molecule has 0 fully saturated rings. The van der Waals surface area contributed by atoms with Crippen LogP contribution in [0.2, 0.25) is 0 Å². The van der Waals surface area contributed by atoms with Crippen molar-refractivity contribution in [1.29, 1.82) is 0 Å². The highest BCUT2D eigenvalue weighted by molar-refractivity contribution is 7.25. The van der Waals surface area contributed by atoms with Crippen molar-refractivity contribution in [3.63, 3.8) is 0 Å². The second-order valence-electron chi connectivity index (χ2n) is 4.09. The van der Waals surface area contributed by atoms with Crippen molar-refractivity contribution >= 4 is 32.9 Å². The zero-order valence-electron chi connectivity index (χ0n) is 10.3. The summed E-state index contributed by atoms with van der Waals surface area (Å²) in [6.07, 6.45) is 0.859. The third kappa shape index (κ3) is 2.63. The first kappa shape index (κ1) is 12.6. The molecule has 0 aliphatic carbocycles. The van der Waals surface area contributed by atoms with Crippen LogP contribution in [0.3, 0.4) is 0 Å². The SMILES string of the molecule is NCCCOc1cccc2sc(-c3cccs3)nc12. The lowest BCUT2D eigenvalue weighted by Gasteiger charge is -2.05. The summed E-state index contributed by atoms with van der Waals surface area (Å²) in [5, 5.41) is 3.12. The van der Waals surface area contributed by atoms with E-state index in [2.05, 4.69) is 17.5 Å². The second-order valence-corrected chi connectivity index (χ2v) is 6.07. The monoisotopic (exact) mass is 290 g/mol. The van der Waals surface area contributed by atoms with Gasteiger partial charge in [0, 0.05) is 0 Å². The van der Waals surface area contributed by atoms with Crippen LogP contribution in [0.15, 0.2) is 35.7 Å². The molecule has 2 N–H and O–H groups in total. The summed E-state index contributed by atoms with van der Waals surface area (Å²) in [6, 6.07) is 10.2. The Morgan fingerprint density at radius 3 is 2.95 bits per heavy atom. The Balaban J connectivity index is 1.95. The van der Waals surface area contributed by atoms with E-state index in [9.17, 15) is 0 Å². The van der Waals surface area contributed by atoms with Crippen molar-refractivity contribution in [2.24, 2.45) is 5.73 Å². The third-order valence-corrected chi connectivity index (χ3v) is 4.78. The molecule has 3 aromatic rings. The average molecular weight is 290 g/mol. The highest BCUT2D eigenvalue weighted by atomic mass is 32.1. The van der Waals surface area contributed by atoms with Crippen LogP contribution in [0.4, 0.5) is 0 Å². The molecule has 0 spiro atoms. The number of thiophene rings is 1. The van der Waals surface area contributed by atoms with E-state index in [0.29, 0.717) is 13.2 Å². The molecule has 1 aromatic carbocycles. The Bertz CT molecular complexity index is 661. The van der Waals surface area contributed by atoms with Gasteiger partial charge in [-0.2, -0.15) is 0 Å². The lowest BCUT2D eigenvalue weighted by atomic mass is 10.3. The molecule has 0 saturated carbocycles. The number of hydrogen-bond donors (Lipinski definition) is 1. The molecule has 0 amide bonds. The molecular formula is C14H14N2OS2. The first-order valence-corrected chi connectivity index (χ1v) is 7.84. The molecule has 0 atom stereocenters. The molecular weight excluding hydrogens is 276 g/mol. The fourth-order valence-corrected chi connectivity index (χ4v) is 3.59. The molecule has 0 saturated heterocycles. The number of ether oxygens (including phenoxy) is 1. The quantitative estimate of drug-likeness (QED) is 0.728. The Labute approximate surface area is 119 Å². The van der Waals surface area contributed by atoms with Crippen LogP contribution in [0.5, 0.6) is 5.75 Å². The van der Waals surface area contributed by atoms with Crippen LogP contribution in [0, 0.1) is 0 Å². The van der Waals surface area contributed by atoms with E-state index < -0.39 is 0 Å². The third-order valence-electron chi connectivity index (χ3n) is 2.72. The average Bonchev–Trinajstić information content (AvgIpc) is 3.08. The van der Waals surface area contributed by atoms with E-state index in [1.807, 2.05) is 18.2 Å². The summed E-state index contributed by atoms with van der Waals surface area (Å²) in [5.41, 5.74) is 6.43. The van der Waals surface area contributed by atoms with Crippen LogP contribution in [0.25, 0.3) is 20.1 Å². The standard InChI is InChI=1S/C14H14N2OS2/c15-7-3-8-17-10-4-1-5-11-13(10)16-14(19-11)12-6-2-9-18-12/h1-2,4-6,9H,3,7-8,15H2. The fraction of sp³-hybridized carbons (Fsp3) is 0.214. The van der Waals surface area contributed by atoms with Gasteiger partial charge in [-0.3, -0.25) is 0 Å². The summed E-state index contributed by atoms with van der Waals surface area (Å²) in [6.45, 7) is 1.29. The van der Waals surface area contributed by atoms with Gasteiger partial charge in [-0.15, -0.1) is 22.7 Å². The number of thiazole rings is 1. The van der Waals surface area contributed by atoms with Gasteiger partial charge in [0.25, 0.3) is 0 Å². The lowest BCUT2D eigenvalue weighted by Crippen LogP contribution is -2.06. The van der Waals surface area contributed by atoms with Gasteiger partial charge in [0.2, 0.25) is 0 Å². The maximum Gasteiger partial charge on any atom is 0.146 e. The number of nitrogens with two attached hydrogens (primary N) is 1. The minimum atomic E-state index is 0.640. The predicted octanol–water partition coefficient (Wildman–Crippen LogP) is 3.75. The second kappa shape index (κ2) is 5.69. The lowest BCUT2D eigenvalue weighted by molar-refractivity contribution is 0.316. The van der Waals surface area contributed by atoms with Crippen LogP contribution in [-0.2, 0) is 0 Å². The maximum atomic E-state index is 5.76. The highest BCUT2D eigenvalue weighted by Gasteiger charge is 2.10. The first-order valence-electron chi connectivity index (χ1n) is 6.15. The number of para-hydroxylation sites is 1. The van der Waals surface area contributed by atoms with Crippen LogP contribution in [-0.4, -0.2) is 18.1 Å². The molecule has 0 bridgehead atoms. The van der Waals surface area contributed by atoms with Crippen molar-refractivity contribution < 1.29 is 4.74 Å². The highest BCUT2D eigenvalue weighted by Crippen LogP contribution is 2.36. The van der Waals surface area contributed by atoms with Crippen molar-refractivity contribution in [2.75, 3.05) is 13.2 Å². The van der Waals surface area contributed by atoms with Gasteiger partial charge in [-0.05, 0) is 36.5 Å². The van der Waals surface area contributed by atoms with E-state index in [4.69, 9.17) is 15.5 Å². The topological polar surface area (TPSA) is 48.1 Å². The van der Waals surface area contributed by atoms with E-state index in [0.717, 1.165) is 27.4 Å².